The molecule has 0 saturated heterocycles. The summed E-state index contributed by atoms with van der Waals surface area (Å²) < 4.78 is 0. The maximum atomic E-state index is 5.46. The van der Waals surface area contributed by atoms with Gasteiger partial charge in [0.05, 0.1) is 5.33 Å². The van der Waals surface area contributed by atoms with Crippen LogP contribution in [0.5, 0.6) is 0 Å². The molecule has 0 heterocycles. The van der Waals surface area contributed by atoms with Gasteiger partial charge in [0, 0.05) is 5.56 Å². The quantitative estimate of drug-likeness (QED) is 0.277. The summed E-state index contributed by atoms with van der Waals surface area (Å²) in [4.78, 5) is 0. The van der Waals surface area contributed by atoms with Gasteiger partial charge in [0.1, 0.15) is 8.07 Å². The molecule has 0 unspecified atom stereocenters. The molecule has 2 aromatic rings. The van der Waals surface area contributed by atoms with E-state index in [1.54, 1.807) is 0 Å². The third-order valence-electron chi connectivity index (χ3n) is 2.94. The molecule has 0 saturated carbocycles. The lowest BCUT2D eigenvalue weighted by Gasteiger charge is -2.12. The Balaban J connectivity index is 2.49. The zero-order valence-corrected chi connectivity index (χ0v) is 12.6. The maximum absolute atomic E-state index is 5.46. The predicted molar refractivity (Wildman–Crippen MR) is 85.8 cm³/mol. The fourth-order valence-corrected chi connectivity index (χ4v) is 2.70. The smallest absolute Gasteiger partial charge is 0.115 e. The van der Waals surface area contributed by atoms with Crippen LogP contribution in [0.15, 0.2) is 47.6 Å². The molecule has 0 aliphatic heterocycles. The highest BCUT2D eigenvalue weighted by atomic mass is 28.3. The Bertz CT molecular complexity index is 680. The van der Waals surface area contributed by atoms with Crippen LogP contribution in [0.3, 0.4) is 0 Å². The first-order chi connectivity index (χ1) is 9.02. The Morgan fingerprint density at radius 3 is 2.42 bits per heavy atom. The molecule has 0 spiro atoms. The second kappa shape index (κ2) is 5.29. The number of fused-ring (bicyclic) bond motifs is 1. The van der Waals surface area contributed by atoms with Crippen LogP contribution in [0.4, 0.5) is 0 Å². The highest BCUT2D eigenvalue weighted by Gasteiger charge is 2.19. The largest absolute Gasteiger partial charge is 0.323 e. The molecular formula is C16H18N2Si. The van der Waals surface area contributed by atoms with E-state index in [0.717, 1.165) is 10.9 Å². The van der Waals surface area contributed by atoms with Crippen molar-refractivity contribution in [2.75, 3.05) is 0 Å². The Morgan fingerprint density at radius 1 is 1.05 bits per heavy atom. The van der Waals surface area contributed by atoms with Crippen molar-refractivity contribution < 1.29 is 0 Å². The number of hydrazone groups is 1. The van der Waals surface area contributed by atoms with Crippen molar-refractivity contribution in [1.82, 2.24) is 0 Å². The second-order valence-electron chi connectivity index (χ2n) is 5.50. The van der Waals surface area contributed by atoms with E-state index in [-0.39, 0.29) is 0 Å². The van der Waals surface area contributed by atoms with Gasteiger partial charge in [-0.3, -0.25) is 0 Å². The summed E-state index contributed by atoms with van der Waals surface area (Å²) >= 11 is 0. The Labute approximate surface area is 115 Å². The summed E-state index contributed by atoms with van der Waals surface area (Å²) in [6, 6.07) is 14.4. The first-order valence-corrected chi connectivity index (χ1v) is 9.80. The van der Waals surface area contributed by atoms with Crippen molar-refractivity contribution in [1.29, 1.82) is 0 Å². The lowest BCUT2D eigenvalue weighted by molar-refractivity contribution is 1.26. The van der Waals surface area contributed by atoms with Gasteiger partial charge in [0.2, 0.25) is 0 Å². The van der Waals surface area contributed by atoms with Crippen LogP contribution in [0.25, 0.3) is 10.8 Å². The fraction of sp³-hybridized carbons (Fsp3) is 0.188. The molecule has 19 heavy (non-hydrogen) atoms. The number of hydrogen-bond acceptors (Lipinski definition) is 2. The molecule has 96 valence electrons. The molecule has 0 aliphatic carbocycles. The SMILES string of the molecule is C[Si](C)(C)/C(C#Cc1cccc2ccccc12)=N\N. The molecule has 0 fully saturated rings. The maximum Gasteiger partial charge on any atom is 0.115 e. The Kier molecular flexibility index (Phi) is 3.73. The average Bonchev–Trinajstić information content (AvgIpc) is 2.38. The van der Waals surface area contributed by atoms with Crippen molar-refractivity contribution in [3.05, 3.63) is 48.0 Å². The van der Waals surface area contributed by atoms with Crippen LogP contribution in [0.2, 0.25) is 19.6 Å². The second-order valence-corrected chi connectivity index (χ2v) is 10.5. The number of rotatable bonds is 1. The number of nitrogens with two attached hydrogens (primary N) is 1. The van der Waals surface area contributed by atoms with Crippen LogP contribution in [0.1, 0.15) is 5.56 Å². The van der Waals surface area contributed by atoms with E-state index < -0.39 is 8.07 Å². The highest BCUT2D eigenvalue weighted by molar-refractivity contribution is 7.06. The number of benzene rings is 2. The van der Waals surface area contributed by atoms with Crippen LogP contribution in [0, 0.1) is 11.8 Å². The summed E-state index contributed by atoms with van der Waals surface area (Å²) in [7, 11) is -1.56. The summed E-state index contributed by atoms with van der Waals surface area (Å²) in [6.45, 7) is 6.57. The van der Waals surface area contributed by atoms with Crippen LogP contribution < -0.4 is 5.84 Å². The average molecular weight is 266 g/mol. The van der Waals surface area contributed by atoms with E-state index in [0.29, 0.717) is 0 Å². The molecule has 2 N–H and O–H groups in total. The van der Waals surface area contributed by atoms with Crippen molar-refractivity contribution in [2.24, 2.45) is 10.9 Å². The molecular weight excluding hydrogens is 248 g/mol. The summed E-state index contributed by atoms with van der Waals surface area (Å²) in [5.74, 6) is 11.8. The minimum atomic E-state index is -1.56. The highest BCUT2D eigenvalue weighted by Crippen LogP contribution is 2.17. The van der Waals surface area contributed by atoms with E-state index in [1.807, 2.05) is 24.3 Å². The van der Waals surface area contributed by atoms with Gasteiger partial charge in [0.25, 0.3) is 0 Å². The molecule has 0 aliphatic rings. The normalized spacial score (nSPS) is 12.1. The summed E-state index contributed by atoms with van der Waals surface area (Å²) in [5.41, 5.74) is 1.03. The monoisotopic (exact) mass is 266 g/mol. The van der Waals surface area contributed by atoms with E-state index in [9.17, 15) is 0 Å². The molecule has 0 aromatic heterocycles. The molecule has 0 radical (unpaired) electrons. The predicted octanol–water partition coefficient (Wildman–Crippen LogP) is 3.38. The zero-order valence-electron chi connectivity index (χ0n) is 11.6. The van der Waals surface area contributed by atoms with E-state index >= 15 is 0 Å². The van der Waals surface area contributed by atoms with Crippen molar-refractivity contribution >= 4 is 24.2 Å². The Morgan fingerprint density at radius 2 is 1.74 bits per heavy atom. The Hall–Kier alpha value is -2.05. The zero-order chi connectivity index (χ0) is 13.9. The molecule has 0 amide bonds. The van der Waals surface area contributed by atoms with Crippen LogP contribution >= 0.6 is 0 Å². The van der Waals surface area contributed by atoms with Gasteiger partial charge in [-0.1, -0.05) is 62.0 Å². The van der Waals surface area contributed by atoms with Gasteiger partial charge in [-0.2, -0.15) is 5.10 Å². The molecule has 3 heteroatoms. The lowest BCUT2D eigenvalue weighted by Crippen LogP contribution is -2.33. The minimum absolute atomic E-state index is 0.848. The van der Waals surface area contributed by atoms with Crippen LogP contribution in [-0.4, -0.2) is 13.4 Å². The molecule has 2 nitrogen and oxygen atoms in total. The van der Waals surface area contributed by atoms with E-state index in [1.165, 1.54) is 10.8 Å². The molecule has 0 bridgehead atoms. The van der Waals surface area contributed by atoms with Gasteiger partial charge in [-0.25, -0.2) is 0 Å². The molecule has 2 aromatic carbocycles. The van der Waals surface area contributed by atoms with Crippen molar-refractivity contribution in [2.45, 2.75) is 19.6 Å². The summed E-state index contributed by atoms with van der Waals surface area (Å²) in [6.07, 6.45) is 0. The van der Waals surface area contributed by atoms with Crippen molar-refractivity contribution in [3.8, 4) is 11.8 Å². The topological polar surface area (TPSA) is 38.4 Å². The first kappa shape index (κ1) is 13.4. The standard InChI is InChI=1S/C16H18N2Si/c1-19(2,3)16(18-17)12-11-14-9-6-8-13-7-4-5-10-15(13)14/h4-10H,17H2,1-3H3/b18-16-. The fourth-order valence-electron chi connectivity index (χ4n) is 1.87. The van der Waals surface area contributed by atoms with Gasteiger partial charge in [0.15, 0.2) is 0 Å². The number of nitrogens with zero attached hydrogens (tertiary/aromatic N) is 1. The van der Waals surface area contributed by atoms with Gasteiger partial charge >= 0.3 is 0 Å². The third kappa shape index (κ3) is 3.04. The number of hydrogen-bond donors (Lipinski definition) is 1. The lowest BCUT2D eigenvalue weighted by atomic mass is 10.1. The van der Waals surface area contributed by atoms with Crippen LogP contribution in [-0.2, 0) is 0 Å². The van der Waals surface area contributed by atoms with E-state index in [4.69, 9.17) is 5.84 Å². The first-order valence-electron chi connectivity index (χ1n) is 6.30. The molecule has 0 atom stereocenters. The van der Waals surface area contributed by atoms with Gasteiger partial charge < -0.3 is 5.84 Å². The molecule has 2 rings (SSSR count). The van der Waals surface area contributed by atoms with E-state index in [2.05, 4.69) is 54.8 Å². The van der Waals surface area contributed by atoms with Gasteiger partial charge in [-0.05, 0) is 22.8 Å². The van der Waals surface area contributed by atoms with Gasteiger partial charge in [-0.15, -0.1) is 0 Å². The summed E-state index contributed by atoms with van der Waals surface area (Å²) in [5, 5.41) is 7.08. The van der Waals surface area contributed by atoms with Crippen molar-refractivity contribution in [3.63, 3.8) is 0 Å². The minimum Gasteiger partial charge on any atom is -0.323 e. The third-order valence-corrected chi connectivity index (χ3v) is 4.62.